The zero-order chi connectivity index (χ0) is 15.1. The van der Waals surface area contributed by atoms with E-state index in [1.807, 2.05) is 48.5 Å². The Balaban J connectivity index is 1.94. The lowest BCUT2D eigenvalue weighted by molar-refractivity contribution is 0.410. The number of methoxy groups -OCH3 is 1. The molecule has 0 saturated heterocycles. The van der Waals surface area contributed by atoms with Crippen LogP contribution in [0.5, 0.6) is 5.75 Å². The first-order valence-corrected chi connectivity index (χ1v) is 7.85. The van der Waals surface area contributed by atoms with Gasteiger partial charge in [0.1, 0.15) is 5.75 Å². The van der Waals surface area contributed by atoms with Gasteiger partial charge in [0, 0.05) is 16.3 Å². The van der Waals surface area contributed by atoms with Crippen molar-refractivity contribution in [1.82, 2.24) is 0 Å². The van der Waals surface area contributed by atoms with Crippen molar-refractivity contribution < 1.29 is 4.74 Å². The molecule has 2 N–H and O–H groups in total. The van der Waals surface area contributed by atoms with E-state index in [2.05, 4.69) is 4.99 Å². The summed E-state index contributed by atoms with van der Waals surface area (Å²) in [5, 5.41) is 1.29. The first kappa shape index (κ1) is 15.7. The van der Waals surface area contributed by atoms with Crippen molar-refractivity contribution in [3.05, 3.63) is 64.7 Å². The maximum atomic E-state index is 6.11. The molecule has 0 unspecified atom stereocenters. The molecule has 3 nitrogen and oxygen atoms in total. The number of thioether (sulfide) groups is 1. The fourth-order valence-corrected chi connectivity index (χ4v) is 2.80. The van der Waals surface area contributed by atoms with Gasteiger partial charge in [-0.1, -0.05) is 59.8 Å². The van der Waals surface area contributed by atoms with Crippen molar-refractivity contribution in [2.75, 3.05) is 7.11 Å². The topological polar surface area (TPSA) is 47.6 Å². The number of halogens is 1. The Bertz CT molecular complexity index is 631. The molecule has 2 rings (SSSR count). The molecule has 0 atom stereocenters. The molecule has 0 bridgehead atoms. The minimum Gasteiger partial charge on any atom is -0.496 e. The van der Waals surface area contributed by atoms with Gasteiger partial charge < -0.3 is 10.5 Å². The van der Waals surface area contributed by atoms with Crippen molar-refractivity contribution >= 4 is 28.5 Å². The lowest BCUT2D eigenvalue weighted by Gasteiger charge is -2.06. The van der Waals surface area contributed by atoms with Crippen LogP contribution in [0.4, 0.5) is 0 Å². The second-order valence-electron chi connectivity index (χ2n) is 4.35. The SMILES string of the molecule is COc1ccccc1CN=C(N)SCc1ccccc1Cl. The van der Waals surface area contributed by atoms with E-state index in [-0.39, 0.29) is 0 Å². The smallest absolute Gasteiger partial charge is 0.154 e. The van der Waals surface area contributed by atoms with Crippen LogP contribution in [0.25, 0.3) is 0 Å². The van der Waals surface area contributed by atoms with Gasteiger partial charge in [-0.15, -0.1) is 0 Å². The summed E-state index contributed by atoms with van der Waals surface area (Å²) in [6, 6.07) is 15.5. The van der Waals surface area contributed by atoms with E-state index in [9.17, 15) is 0 Å². The van der Waals surface area contributed by atoms with Gasteiger partial charge in [0.15, 0.2) is 5.17 Å². The summed E-state index contributed by atoms with van der Waals surface area (Å²) in [6.07, 6.45) is 0. The third kappa shape index (κ3) is 4.69. The van der Waals surface area contributed by atoms with Crippen molar-refractivity contribution in [1.29, 1.82) is 0 Å². The van der Waals surface area contributed by atoms with Crippen molar-refractivity contribution in [3.8, 4) is 5.75 Å². The Labute approximate surface area is 134 Å². The van der Waals surface area contributed by atoms with E-state index in [0.29, 0.717) is 17.5 Å². The minimum absolute atomic E-state index is 0.505. The minimum atomic E-state index is 0.505. The molecule has 0 heterocycles. The summed E-state index contributed by atoms with van der Waals surface area (Å²) in [6.45, 7) is 0.505. The van der Waals surface area contributed by atoms with Gasteiger partial charge in [-0.05, 0) is 17.7 Å². The Morgan fingerprint density at radius 2 is 1.81 bits per heavy atom. The summed E-state index contributed by atoms with van der Waals surface area (Å²) in [5.41, 5.74) is 8.01. The highest BCUT2D eigenvalue weighted by Crippen LogP contribution is 2.22. The van der Waals surface area contributed by atoms with Crippen LogP contribution in [0.15, 0.2) is 53.5 Å². The quantitative estimate of drug-likeness (QED) is 0.666. The molecule has 110 valence electrons. The van der Waals surface area contributed by atoms with E-state index < -0.39 is 0 Å². The average Bonchev–Trinajstić information content (AvgIpc) is 2.52. The van der Waals surface area contributed by atoms with Crippen LogP contribution >= 0.6 is 23.4 Å². The molecule has 0 spiro atoms. The molecule has 0 radical (unpaired) electrons. The van der Waals surface area contributed by atoms with Crippen LogP contribution in [0.1, 0.15) is 11.1 Å². The number of ether oxygens (including phenoxy) is 1. The third-order valence-electron chi connectivity index (χ3n) is 2.93. The number of amidine groups is 1. The highest BCUT2D eigenvalue weighted by molar-refractivity contribution is 8.13. The Morgan fingerprint density at radius 1 is 1.14 bits per heavy atom. The summed E-state index contributed by atoms with van der Waals surface area (Å²) < 4.78 is 5.29. The summed E-state index contributed by atoms with van der Waals surface area (Å²) in [4.78, 5) is 4.38. The van der Waals surface area contributed by atoms with Crippen LogP contribution in [0.3, 0.4) is 0 Å². The molecule has 0 amide bonds. The van der Waals surface area contributed by atoms with E-state index >= 15 is 0 Å². The first-order valence-electron chi connectivity index (χ1n) is 6.48. The zero-order valence-corrected chi connectivity index (χ0v) is 13.3. The molecule has 21 heavy (non-hydrogen) atoms. The number of hydrogen-bond donors (Lipinski definition) is 1. The lowest BCUT2D eigenvalue weighted by Crippen LogP contribution is -2.07. The number of para-hydroxylation sites is 1. The van der Waals surface area contributed by atoms with Crippen molar-refractivity contribution in [3.63, 3.8) is 0 Å². The number of benzene rings is 2. The molecule has 5 heteroatoms. The number of aliphatic imine (C=N–C) groups is 1. The molecule has 2 aromatic carbocycles. The molecular formula is C16H17ClN2OS. The second-order valence-corrected chi connectivity index (χ2v) is 5.75. The standard InChI is InChI=1S/C16H17ClN2OS/c1-20-15-9-5-3-6-12(15)10-19-16(18)21-11-13-7-2-4-8-14(13)17/h2-9H,10-11H2,1H3,(H2,18,19). The van der Waals surface area contributed by atoms with Gasteiger partial charge in [-0.25, -0.2) is 0 Å². The van der Waals surface area contributed by atoms with Crippen LogP contribution in [0.2, 0.25) is 5.02 Å². The highest BCUT2D eigenvalue weighted by atomic mass is 35.5. The molecule has 0 saturated carbocycles. The number of nitrogens with two attached hydrogens (primary N) is 1. The van der Waals surface area contributed by atoms with Gasteiger partial charge in [-0.3, -0.25) is 4.99 Å². The Kier molecular flexibility index (Phi) is 5.96. The van der Waals surface area contributed by atoms with Gasteiger partial charge in [0.05, 0.1) is 13.7 Å². The molecule has 2 aromatic rings. The fraction of sp³-hybridized carbons (Fsp3) is 0.188. The molecular weight excluding hydrogens is 304 g/mol. The predicted molar refractivity (Wildman–Crippen MR) is 91.1 cm³/mol. The van der Waals surface area contributed by atoms with Gasteiger partial charge in [-0.2, -0.15) is 0 Å². The number of rotatable bonds is 5. The lowest BCUT2D eigenvalue weighted by atomic mass is 10.2. The molecule has 0 aliphatic rings. The second kappa shape index (κ2) is 7.96. The van der Waals surface area contributed by atoms with Crippen LogP contribution in [-0.2, 0) is 12.3 Å². The molecule has 0 aromatic heterocycles. The first-order chi connectivity index (χ1) is 10.2. The Morgan fingerprint density at radius 3 is 2.52 bits per heavy atom. The van der Waals surface area contributed by atoms with E-state index in [1.165, 1.54) is 11.8 Å². The summed E-state index contributed by atoms with van der Waals surface area (Å²) in [7, 11) is 1.65. The zero-order valence-electron chi connectivity index (χ0n) is 11.8. The van der Waals surface area contributed by atoms with Crippen LogP contribution < -0.4 is 10.5 Å². The largest absolute Gasteiger partial charge is 0.496 e. The maximum Gasteiger partial charge on any atom is 0.154 e. The third-order valence-corrected chi connectivity index (χ3v) is 4.18. The Hall–Kier alpha value is -1.65. The molecule has 0 fully saturated rings. The van der Waals surface area contributed by atoms with Crippen LogP contribution in [-0.4, -0.2) is 12.3 Å². The fourth-order valence-electron chi connectivity index (χ4n) is 1.81. The summed E-state index contributed by atoms with van der Waals surface area (Å²) >= 11 is 7.59. The van der Waals surface area contributed by atoms with Gasteiger partial charge >= 0.3 is 0 Å². The molecule has 0 aliphatic carbocycles. The van der Waals surface area contributed by atoms with Gasteiger partial charge in [0.25, 0.3) is 0 Å². The van der Waals surface area contributed by atoms with E-state index in [1.54, 1.807) is 7.11 Å². The van der Waals surface area contributed by atoms with E-state index in [4.69, 9.17) is 22.1 Å². The molecule has 0 aliphatic heterocycles. The maximum absolute atomic E-state index is 6.11. The number of nitrogens with zero attached hydrogens (tertiary/aromatic N) is 1. The summed E-state index contributed by atoms with van der Waals surface area (Å²) in [5.74, 6) is 1.53. The highest BCUT2D eigenvalue weighted by Gasteiger charge is 2.03. The predicted octanol–water partition coefficient (Wildman–Crippen LogP) is 4.10. The average molecular weight is 321 g/mol. The normalized spacial score (nSPS) is 11.4. The van der Waals surface area contributed by atoms with E-state index in [0.717, 1.165) is 21.9 Å². The van der Waals surface area contributed by atoms with Crippen LogP contribution in [0, 0.1) is 0 Å². The van der Waals surface area contributed by atoms with Crippen molar-refractivity contribution in [2.24, 2.45) is 10.7 Å². The van der Waals surface area contributed by atoms with Gasteiger partial charge in [0.2, 0.25) is 0 Å². The number of hydrogen-bond acceptors (Lipinski definition) is 3. The van der Waals surface area contributed by atoms with Crippen molar-refractivity contribution in [2.45, 2.75) is 12.3 Å². The monoisotopic (exact) mass is 320 g/mol.